The molecule has 0 radical (unpaired) electrons. The molecule has 1 N–H and O–H groups in total. The Morgan fingerprint density at radius 2 is 1.97 bits per heavy atom. The van der Waals surface area contributed by atoms with E-state index in [0.29, 0.717) is 19.3 Å². The number of pyridine rings is 1. The van der Waals surface area contributed by atoms with Crippen LogP contribution in [-0.2, 0) is 11.5 Å². The summed E-state index contributed by atoms with van der Waals surface area (Å²) in [5, 5.41) is 7.81. The minimum Gasteiger partial charge on any atom is -0.353 e. The standard InChI is InChI=1S/C20H29N7OS/c1-15(2)22-18(28)13-24-8-10-25(11-9-24)14-26-20(29)27(17-5-6-17)19(23-26)16-4-3-7-21-12-16/h3-4,7,12,15,17H,5-6,8-11,13-14H2,1-2H3,(H,22,28). The molecule has 2 aromatic heterocycles. The van der Waals surface area contributed by atoms with Gasteiger partial charge >= 0.3 is 0 Å². The molecule has 0 aromatic carbocycles. The van der Waals surface area contributed by atoms with Gasteiger partial charge in [0.05, 0.1) is 13.2 Å². The first-order valence-corrected chi connectivity index (χ1v) is 10.8. The summed E-state index contributed by atoms with van der Waals surface area (Å²) >= 11 is 5.77. The summed E-state index contributed by atoms with van der Waals surface area (Å²) in [4.78, 5) is 20.8. The number of nitrogens with one attached hydrogen (secondary N) is 1. The van der Waals surface area contributed by atoms with Gasteiger partial charge < -0.3 is 5.32 Å². The number of piperazine rings is 1. The second-order valence-corrected chi connectivity index (χ2v) is 8.57. The highest BCUT2D eigenvalue weighted by Gasteiger charge is 2.29. The molecule has 29 heavy (non-hydrogen) atoms. The van der Waals surface area contributed by atoms with Crippen molar-refractivity contribution in [1.29, 1.82) is 0 Å². The molecular formula is C20H29N7OS. The first-order valence-electron chi connectivity index (χ1n) is 10.3. The maximum atomic E-state index is 12.0. The van der Waals surface area contributed by atoms with Gasteiger partial charge in [-0.15, -0.1) is 0 Å². The van der Waals surface area contributed by atoms with E-state index in [2.05, 4.69) is 24.7 Å². The van der Waals surface area contributed by atoms with Crippen molar-refractivity contribution < 1.29 is 4.79 Å². The molecule has 4 rings (SSSR count). The largest absolute Gasteiger partial charge is 0.353 e. The molecule has 1 amide bonds. The molecule has 1 saturated carbocycles. The molecule has 2 aromatic rings. The van der Waals surface area contributed by atoms with Crippen LogP contribution in [-0.4, -0.2) is 73.8 Å². The van der Waals surface area contributed by atoms with Gasteiger partial charge in [0.1, 0.15) is 0 Å². The van der Waals surface area contributed by atoms with Gasteiger partial charge in [0.2, 0.25) is 5.91 Å². The molecule has 0 atom stereocenters. The molecule has 0 unspecified atom stereocenters. The Hall–Kier alpha value is -2.10. The molecule has 2 aliphatic rings. The van der Waals surface area contributed by atoms with Crippen molar-refractivity contribution in [3.05, 3.63) is 29.3 Å². The van der Waals surface area contributed by atoms with Crippen LogP contribution in [0.15, 0.2) is 24.5 Å². The SMILES string of the molecule is CC(C)NC(=O)CN1CCN(Cn2nc(-c3cccnc3)n(C3CC3)c2=S)CC1. The fraction of sp³-hybridized carbons (Fsp3) is 0.600. The second-order valence-electron chi connectivity index (χ2n) is 8.21. The van der Waals surface area contributed by atoms with Gasteiger partial charge in [0.25, 0.3) is 0 Å². The minimum atomic E-state index is 0.0972. The monoisotopic (exact) mass is 415 g/mol. The smallest absolute Gasteiger partial charge is 0.234 e. The first kappa shape index (κ1) is 20.2. The van der Waals surface area contributed by atoms with Crippen LogP contribution in [0.5, 0.6) is 0 Å². The minimum absolute atomic E-state index is 0.0972. The lowest BCUT2D eigenvalue weighted by Crippen LogP contribution is -2.50. The van der Waals surface area contributed by atoms with Crippen molar-refractivity contribution in [1.82, 2.24) is 34.4 Å². The van der Waals surface area contributed by atoms with Gasteiger partial charge in [0, 0.05) is 56.2 Å². The van der Waals surface area contributed by atoms with Gasteiger partial charge in [-0.25, -0.2) is 4.68 Å². The van der Waals surface area contributed by atoms with E-state index in [1.54, 1.807) is 6.20 Å². The van der Waals surface area contributed by atoms with Crippen molar-refractivity contribution in [2.75, 3.05) is 32.7 Å². The first-order chi connectivity index (χ1) is 14.0. The normalized spacial score (nSPS) is 18.3. The molecule has 9 heteroatoms. The molecule has 1 aliphatic heterocycles. The summed E-state index contributed by atoms with van der Waals surface area (Å²) in [6, 6.07) is 4.61. The zero-order valence-corrected chi connectivity index (χ0v) is 17.9. The van der Waals surface area contributed by atoms with E-state index in [1.165, 1.54) is 0 Å². The number of aromatic nitrogens is 4. The van der Waals surface area contributed by atoms with Crippen molar-refractivity contribution in [3.8, 4) is 11.4 Å². The lowest BCUT2D eigenvalue weighted by molar-refractivity contribution is -0.123. The topological polar surface area (TPSA) is 71.2 Å². The third-order valence-electron chi connectivity index (χ3n) is 5.32. The molecule has 0 bridgehead atoms. The van der Waals surface area contributed by atoms with Gasteiger partial charge in [0.15, 0.2) is 10.6 Å². The van der Waals surface area contributed by atoms with Crippen molar-refractivity contribution >= 4 is 18.1 Å². The zero-order chi connectivity index (χ0) is 20.4. The van der Waals surface area contributed by atoms with E-state index in [9.17, 15) is 4.79 Å². The van der Waals surface area contributed by atoms with Crippen LogP contribution in [0, 0.1) is 4.77 Å². The van der Waals surface area contributed by atoms with Crippen LogP contribution >= 0.6 is 12.2 Å². The van der Waals surface area contributed by atoms with Crippen molar-refractivity contribution in [2.24, 2.45) is 0 Å². The Morgan fingerprint density at radius 3 is 2.59 bits per heavy atom. The van der Waals surface area contributed by atoms with E-state index in [4.69, 9.17) is 17.3 Å². The predicted molar refractivity (Wildman–Crippen MR) is 114 cm³/mol. The summed E-state index contributed by atoms with van der Waals surface area (Å²) in [6.45, 7) is 8.66. The third-order valence-corrected chi connectivity index (χ3v) is 5.73. The molecule has 1 saturated heterocycles. The van der Waals surface area contributed by atoms with E-state index in [1.807, 2.05) is 36.9 Å². The Kier molecular flexibility index (Phi) is 6.07. The highest BCUT2D eigenvalue weighted by atomic mass is 32.1. The lowest BCUT2D eigenvalue weighted by Gasteiger charge is -2.34. The van der Waals surface area contributed by atoms with E-state index < -0.39 is 0 Å². The third kappa shape index (κ3) is 4.91. The number of rotatable bonds is 7. The zero-order valence-electron chi connectivity index (χ0n) is 17.1. The predicted octanol–water partition coefficient (Wildman–Crippen LogP) is 1.91. The molecule has 2 fully saturated rings. The number of amides is 1. The van der Waals surface area contributed by atoms with E-state index in [0.717, 1.165) is 55.2 Å². The van der Waals surface area contributed by atoms with Crippen LogP contribution in [0.25, 0.3) is 11.4 Å². The van der Waals surface area contributed by atoms with Crippen LogP contribution in [0.3, 0.4) is 0 Å². The summed E-state index contributed by atoms with van der Waals surface area (Å²) in [6.07, 6.45) is 5.94. The average Bonchev–Trinajstić information content (AvgIpc) is 3.48. The highest BCUT2D eigenvalue weighted by Crippen LogP contribution is 2.38. The molecule has 1 aliphatic carbocycles. The number of hydrogen-bond acceptors (Lipinski definition) is 6. The Bertz CT molecular complexity index is 895. The summed E-state index contributed by atoms with van der Waals surface area (Å²) in [7, 11) is 0. The lowest BCUT2D eigenvalue weighted by atomic mass is 10.3. The van der Waals surface area contributed by atoms with Crippen molar-refractivity contribution in [3.63, 3.8) is 0 Å². The Morgan fingerprint density at radius 1 is 1.24 bits per heavy atom. The number of nitrogens with zero attached hydrogens (tertiary/aromatic N) is 6. The van der Waals surface area contributed by atoms with Gasteiger partial charge in [-0.1, -0.05) is 0 Å². The van der Waals surface area contributed by atoms with Crippen LogP contribution < -0.4 is 5.32 Å². The second kappa shape index (κ2) is 8.73. The van der Waals surface area contributed by atoms with Crippen LogP contribution in [0.4, 0.5) is 0 Å². The molecular weight excluding hydrogens is 386 g/mol. The summed E-state index contributed by atoms with van der Waals surface area (Å²) < 4.78 is 4.92. The molecule has 8 nitrogen and oxygen atoms in total. The summed E-state index contributed by atoms with van der Waals surface area (Å²) in [5.74, 6) is 1.01. The maximum absolute atomic E-state index is 12.0. The molecule has 0 spiro atoms. The number of hydrogen-bond donors (Lipinski definition) is 1. The molecule has 3 heterocycles. The van der Waals surface area contributed by atoms with Gasteiger partial charge in [-0.3, -0.25) is 24.1 Å². The Labute approximate surface area is 176 Å². The number of carbonyl (C=O) groups excluding carboxylic acids is 1. The highest BCUT2D eigenvalue weighted by molar-refractivity contribution is 7.71. The van der Waals surface area contributed by atoms with E-state index in [-0.39, 0.29) is 11.9 Å². The maximum Gasteiger partial charge on any atom is 0.234 e. The van der Waals surface area contributed by atoms with Crippen LogP contribution in [0.1, 0.15) is 32.7 Å². The van der Waals surface area contributed by atoms with Gasteiger partial charge in [-0.2, -0.15) is 5.10 Å². The van der Waals surface area contributed by atoms with Crippen LogP contribution in [0.2, 0.25) is 0 Å². The van der Waals surface area contributed by atoms with Gasteiger partial charge in [-0.05, 0) is 51.0 Å². The fourth-order valence-corrected chi connectivity index (χ4v) is 4.05. The quantitative estimate of drug-likeness (QED) is 0.697. The Balaban J connectivity index is 1.41. The number of carbonyl (C=O) groups is 1. The van der Waals surface area contributed by atoms with E-state index >= 15 is 0 Å². The fourth-order valence-electron chi connectivity index (χ4n) is 3.72. The summed E-state index contributed by atoms with van der Waals surface area (Å²) in [5.41, 5.74) is 1.00. The molecule has 156 valence electrons. The average molecular weight is 416 g/mol. The van der Waals surface area contributed by atoms with Crippen molar-refractivity contribution in [2.45, 2.75) is 45.4 Å².